The van der Waals surface area contributed by atoms with Crippen molar-refractivity contribution in [2.75, 3.05) is 5.32 Å². The first-order chi connectivity index (χ1) is 9.57. The van der Waals surface area contributed by atoms with Gasteiger partial charge in [-0.2, -0.15) is 0 Å². The quantitative estimate of drug-likeness (QED) is 0.774. The van der Waals surface area contributed by atoms with Crippen molar-refractivity contribution in [3.05, 3.63) is 28.2 Å². The van der Waals surface area contributed by atoms with Crippen LogP contribution in [0.1, 0.15) is 38.1 Å². The summed E-state index contributed by atoms with van der Waals surface area (Å²) < 4.78 is 0.648. The zero-order valence-electron chi connectivity index (χ0n) is 12.5. The maximum absolute atomic E-state index is 12.1. The number of anilines is 1. The number of amides is 2. The van der Waals surface area contributed by atoms with Gasteiger partial charge in [-0.15, -0.1) is 0 Å². The van der Waals surface area contributed by atoms with Crippen LogP contribution in [-0.2, 0) is 0 Å². The number of carbonyl (C=O) groups excluding carboxylic acids is 1. The highest BCUT2D eigenvalue weighted by molar-refractivity contribution is 9.10. The smallest absolute Gasteiger partial charge is 0.337 e. The summed E-state index contributed by atoms with van der Waals surface area (Å²) in [4.78, 5) is 23.3. The van der Waals surface area contributed by atoms with Crippen LogP contribution in [0, 0.1) is 10.8 Å². The molecule has 0 saturated heterocycles. The van der Waals surface area contributed by atoms with Gasteiger partial charge in [-0.05, 0) is 29.0 Å². The number of benzene rings is 1. The van der Waals surface area contributed by atoms with Crippen LogP contribution >= 0.6 is 15.9 Å². The lowest BCUT2D eigenvalue weighted by Crippen LogP contribution is -2.34. The van der Waals surface area contributed by atoms with Crippen molar-refractivity contribution in [2.45, 2.75) is 33.7 Å². The fourth-order valence-electron chi connectivity index (χ4n) is 2.65. The molecule has 0 unspecified atom stereocenters. The molecule has 2 rings (SSSR count). The predicted molar refractivity (Wildman–Crippen MR) is 84.6 cm³/mol. The Bertz CT molecular complexity index is 597. The molecule has 1 fully saturated rings. The minimum Gasteiger partial charge on any atom is -0.478 e. The lowest BCUT2D eigenvalue weighted by atomic mass is 10.0. The summed E-state index contributed by atoms with van der Waals surface area (Å²) in [7, 11) is 0. The van der Waals surface area contributed by atoms with Crippen molar-refractivity contribution >= 4 is 33.6 Å². The molecule has 0 radical (unpaired) electrons. The molecule has 1 aliphatic rings. The Morgan fingerprint density at radius 2 is 1.76 bits per heavy atom. The van der Waals surface area contributed by atoms with Crippen molar-refractivity contribution in [3.63, 3.8) is 0 Å². The monoisotopic (exact) mass is 354 g/mol. The second-order valence-corrected chi connectivity index (χ2v) is 7.39. The minimum absolute atomic E-state index is 0.0275. The van der Waals surface area contributed by atoms with Crippen LogP contribution in [0.25, 0.3) is 0 Å². The van der Waals surface area contributed by atoms with Gasteiger partial charge in [0.15, 0.2) is 0 Å². The van der Waals surface area contributed by atoms with Gasteiger partial charge in [0.05, 0.1) is 11.3 Å². The van der Waals surface area contributed by atoms with E-state index in [1.807, 2.05) is 0 Å². The highest BCUT2D eigenvalue weighted by atomic mass is 79.9. The molecular weight excluding hydrogens is 336 g/mol. The van der Waals surface area contributed by atoms with Crippen molar-refractivity contribution in [1.82, 2.24) is 5.32 Å². The Balaban J connectivity index is 2.10. The molecule has 1 aliphatic carbocycles. The highest BCUT2D eigenvalue weighted by Gasteiger charge is 2.65. The van der Waals surface area contributed by atoms with Gasteiger partial charge in [-0.25, -0.2) is 9.59 Å². The molecule has 1 saturated carbocycles. The summed E-state index contributed by atoms with van der Waals surface area (Å²) in [5, 5.41) is 14.7. The van der Waals surface area contributed by atoms with Crippen molar-refractivity contribution in [3.8, 4) is 0 Å². The van der Waals surface area contributed by atoms with Crippen LogP contribution in [0.5, 0.6) is 0 Å². The van der Waals surface area contributed by atoms with E-state index in [1.54, 1.807) is 12.1 Å². The number of halogens is 1. The van der Waals surface area contributed by atoms with E-state index < -0.39 is 5.97 Å². The number of hydrogen-bond donors (Lipinski definition) is 3. The van der Waals surface area contributed by atoms with Gasteiger partial charge in [-0.3, -0.25) is 0 Å². The molecule has 114 valence electrons. The van der Waals surface area contributed by atoms with E-state index in [1.165, 1.54) is 6.07 Å². The Labute approximate surface area is 132 Å². The van der Waals surface area contributed by atoms with Crippen molar-refractivity contribution in [2.24, 2.45) is 10.8 Å². The summed E-state index contributed by atoms with van der Waals surface area (Å²) in [5.41, 5.74) is 0.382. The Kier molecular flexibility index (Phi) is 3.78. The topological polar surface area (TPSA) is 78.4 Å². The molecule has 0 heterocycles. The van der Waals surface area contributed by atoms with Gasteiger partial charge >= 0.3 is 12.0 Å². The fourth-order valence-corrected chi connectivity index (χ4v) is 3.01. The second kappa shape index (κ2) is 5.02. The first-order valence-electron chi connectivity index (χ1n) is 6.67. The van der Waals surface area contributed by atoms with Gasteiger partial charge in [0.1, 0.15) is 0 Å². The van der Waals surface area contributed by atoms with E-state index in [-0.39, 0.29) is 34.2 Å². The predicted octanol–water partition coefficient (Wildman–Crippen LogP) is 3.70. The first-order valence-corrected chi connectivity index (χ1v) is 7.47. The zero-order valence-corrected chi connectivity index (χ0v) is 14.0. The van der Waals surface area contributed by atoms with E-state index >= 15 is 0 Å². The molecule has 0 atom stereocenters. The maximum Gasteiger partial charge on any atom is 0.337 e. The SMILES string of the molecule is CC1(C)C(NC(=O)Nc2ccc(Br)cc2C(=O)O)C1(C)C. The van der Waals surface area contributed by atoms with Gasteiger partial charge in [-0.1, -0.05) is 43.6 Å². The molecule has 0 aromatic heterocycles. The van der Waals surface area contributed by atoms with Gasteiger partial charge < -0.3 is 15.7 Å². The average molecular weight is 355 g/mol. The third-order valence-corrected chi connectivity index (χ3v) is 5.25. The summed E-state index contributed by atoms with van der Waals surface area (Å²) in [6.07, 6.45) is 0. The summed E-state index contributed by atoms with van der Waals surface area (Å²) >= 11 is 3.22. The normalized spacial score (nSPS) is 18.9. The second-order valence-electron chi connectivity index (χ2n) is 6.47. The molecule has 1 aromatic rings. The van der Waals surface area contributed by atoms with E-state index in [4.69, 9.17) is 0 Å². The lowest BCUT2D eigenvalue weighted by molar-refractivity contribution is 0.0698. The molecular formula is C15H19BrN2O3. The third kappa shape index (κ3) is 2.77. The van der Waals surface area contributed by atoms with Gasteiger partial charge in [0, 0.05) is 10.5 Å². The van der Waals surface area contributed by atoms with Crippen molar-refractivity contribution in [1.29, 1.82) is 0 Å². The van der Waals surface area contributed by atoms with Crippen LogP contribution in [0.3, 0.4) is 0 Å². The standard InChI is InChI=1S/C15H19BrN2O3/c1-14(2)12(15(14,3)4)18-13(21)17-10-6-5-8(16)7-9(10)11(19)20/h5-7,12H,1-4H3,(H,19,20)(H2,17,18,21). The summed E-state index contributed by atoms with van der Waals surface area (Å²) in [5.74, 6) is -1.08. The molecule has 0 bridgehead atoms. The average Bonchev–Trinajstić information content (AvgIpc) is 2.74. The number of aromatic carboxylic acids is 1. The van der Waals surface area contributed by atoms with Crippen LogP contribution in [-0.4, -0.2) is 23.1 Å². The first kappa shape index (κ1) is 15.8. The number of urea groups is 1. The largest absolute Gasteiger partial charge is 0.478 e. The van der Waals surface area contributed by atoms with E-state index in [0.717, 1.165) is 0 Å². The van der Waals surface area contributed by atoms with Gasteiger partial charge in [0.2, 0.25) is 0 Å². The van der Waals surface area contributed by atoms with Gasteiger partial charge in [0.25, 0.3) is 0 Å². The minimum atomic E-state index is -1.08. The van der Waals surface area contributed by atoms with Crippen LogP contribution < -0.4 is 10.6 Å². The number of carbonyl (C=O) groups is 2. The lowest BCUT2D eigenvalue weighted by Gasteiger charge is -2.11. The molecule has 0 aliphatic heterocycles. The number of rotatable bonds is 3. The molecule has 6 heteroatoms. The van der Waals surface area contributed by atoms with Crippen LogP contribution in [0.2, 0.25) is 0 Å². The van der Waals surface area contributed by atoms with Crippen LogP contribution in [0.15, 0.2) is 22.7 Å². The number of carboxylic acids is 1. The maximum atomic E-state index is 12.1. The van der Waals surface area contributed by atoms with E-state index in [2.05, 4.69) is 54.3 Å². The van der Waals surface area contributed by atoms with E-state index in [9.17, 15) is 14.7 Å². The van der Waals surface area contributed by atoms with Crippen molar-refractivity contribution < 1.29 is 14.7 Å². The zero-order chi connectivity index (χ0) is 16.0. The number of carboxylic acid groups (broad SMARTS) is 1. The van der Waals surface area contributed by atoms with Crippen LogP contribution in [0.4, 0.5) is 10.5 Å². The molecule has 5 nitrogen and oxygen atoms in total. The Hall–Kier alpha value is -1.56. The molecule has 3 N–H and O–H groups in total. The number of hydrogen-bond acceptors (Lipinski definition) is 2. The summed E-state index contributed by atoms with van der Waals surface area (Å²) in [6, 6.07) is 4.39. The third-order valence-electron chi connectivity index (χ3n) is 4.76. The molecule has 0 spiro atoms. The molecule has 1 aromatic carbocycles. The number of nitrogens with one attached hydrogen (secondary N) is 2. The Morgan fingerprint density at radius 3 is 2.24 bits per heavy atom. The highest BCUT2D eigenvalue weighted by Crippen LogP contribution is 2.62. The molecule has 21 heavy (non-hydrogen) atoms. The molecule has 2 amide bonds. The Morgan fingerprint density at radius 1 is 1.19 bits per heavy atom. The van der Waals surface area contributed by atoms with E-state index in [0.29, 0.717) is 4.47 Å². The summed E-state index contributed by atoms with van der Waals surface area (Å²) in [6.45, 7) is 8.39. The fraction of sp³-hybridized carbons (Fsp3) is 0.467.